The summed E-state index contributed by atoms with van der Waals surface area (Å²) >= 11 is 0. The molecule has 1 unspecified atom stereocenters. The molecule has 2 amide bonds. The van der Waals surface area contributed by atoms with E-state index in [2.05, 4.69) is 10.6 Å². The Hall–Kier alpha value is -1.99. The van der Waals surface area contributed by atoms with Gasteiger partial charge in [0.25, 0.3) is 0 Å². The SMILES string of the molecule is COCCNC(=O)NCC(O)c1ccc(OC)c(OC)c1. The highest BCUT2D eigenvalue weighted by Crippen LogP contribution is 2.29. The Morgan fingerprint density at radius 2 is 1.90 bits per heavy atom. The molecule has 118 valence electrons. The molecule has 3 N–H and O–H groups in total. The third-order valence-corrected chi connectivity index (χ3v) is 2.84. The predicted molar refractivity (Wildman–Crippen MR) is 77.8 cm³/mol. The molecule has 7 heteroatoms. The highest BCUT2D eigenvalue weighted by molar-refractivity contribution is 5.73. The van der Waals surface area contributed by atoms with Crippen LogP contribution in [0.4, 0.5) is 4.79 Å². The van der Waals surface area contributed by atoms with Crippen LogP contribution in [-0.4, -0.2) is 52.2 Å². The predicted octanol–water partition coefficient (Wildman–Crippen LogP) is 0.683. The van der Waals surface area contributed by atoms with Gasteiger partial charge in [-0.2, -0.15) is 0 Å². The molecule has 7 nitrogen and oxygen atoms in total. The van der Waals surface area contributed by atoms with Crippen molar-refractivity contribution in [3.8, 4) is 11.5 Å². The maximum atomic E-state index is 11.4. The van der Waals surface area contributed by atoms with Crippen LogP contribution in [0.25, 0.3) is 0 Å². The minimum absolute atomic E-state index is 0.0916. The van der Waals surface area contributed by atoms with Crippen molar-refractivity contribution in [2.24, 2.45) is 0 Å². The summed E-state index contributed by atoms with van der Waals surface area (Å²) in [6.45, 7) is 0.939. The van der Waals surface area contributed by atoms with Gasteiger partial charge in [-0.1, -0.05) is 6.07 Å². The van der Waals surface area contributed by atoms with Crippen LogP contribution in [0, 0.1) is 0 Å². The molecule has 0 bridgehead atoms. The minimum atomic E-state index is -0.835. The fourth-order valence-corrected chi connectivity index (χ4v) is 1.70. The molecule has 1 atom stereocenters. The lowest BCUT2D eigenvalue weighted by Crippen LogP contribution is -2.39. The van der Waals surface area contributed by atoms with Crippen molar-refractivity contribution in [2.45, 2.75) is 6.10 Å². The number of carbonyl (C=O) groups is 1. The second-order valence-electron chi connectivity index (χ2n) is 4.26. The Labute approximate surface area is 124 Å². The fraction of sp³-hybridized carbons (Fsp3) is 0.500. The third-order valence-electron chi connectivity index (χ3n) is 2.84. The van der Waals surface area contributed by atoms with Gasteiger partial charge in [0, 0.05) is 20.2 Å². The molecule has 1 aromatic carbocycles. The molecule has 0 fully saturated rings. The number of rotatable bonds is 8. The molecule has 0 aromatic heterocycles. The quantitative estimate of drug-likeness (QED) is 0.614. The number of methoxy groups -OCH3 is 3. The van der Waals surface area contributed by atoms with E-state index < -0.39 is 6.10 Å². The van der Waals surface area contributed by atoms with Gasteiger partial charge in [-0.25, -0.2) is 4.79 Å². The van der Waals surface area contributed by atoms with Crippen molar-refractivity contribution in [3.63, 3.8) is 0 Å². The summed E-state index contributed by atoms with van der Waals surface area (Å²) in [6.07, 6.45) is -0.835. The first kappa shape index (κ1) is 17.1. The summed E-state index contributed by atoms with van der Waals surface area (Å²) in [4.78, 5) is 11.4. The van der Waals surface area contributed by atoms with Gasteiger partial charge in [-0.05, 0) is 17.7 Å². The molecule has 1 aromatic rings. The fourth-order valence-electron chi connectivity index (χ4n) is 1.70. The van der Waals surface area contributed by atoms with Crippen LogP contribution in [0.1, 0.15) is 11.7 Å². The standard InChI is InChI=1S/C14H22N2O5/c1-19-7-6-15-14(18)16-9-11(17)10-4-5-12(20-2)13(8-10)21-3/h4-5,8,11,17H,6-7,9H2,1-3H3,(H2,15,16,18). The average Bonchev–Trinajstić information content (AvgIpc) is 2.52. The number of amides is 2. The average molecular weight is 298 g/mol. The van der Waals surface area contributed by atoms with Gasteiger partial charge in [0.2, 0.25) is 0 Å². The van der Waals surface area contributed by atoms with Crippen LogP contribution >= 0.6 is 0 Å². The number of carbonyl (C=O) groups excluding carboxylic acids is 1. The number of nitrogens with one attached hydrogen (secondary N) is 2. The Kier molecular flexibility index (Phi) is 7.34. The normalized spacial score (nSPS) is 11.6. The molecular formula is C14H22N2O5. The van der Waals surface area contributed by atoms with Gasteiger partial charge in [-0.3, -0.25) is 0 Å². The highest BCUT2D eigenvalue weighted by atomic mass is 16.5. The van der Waals surface area contributed by atoms with Gasteiger partial charge in [-0.15, -0.1) is 0 Å². The summed E-state index contributed by atoms with van der Waals surface area (Å²) in [5, 5.41) is 15.2. The number of urea groups is 1. The van der Waals surface area contributed by atoms with E-state index in [1.165, 1.54) is 7.11 Å². The Balaban J connectivity index is 2.51. The first-order chi connectivity index (χ1) is 10.1. The van der Waals surface area contributed by atoms with Gasteiger partial charge in [0.05, 0.1) is 26.9 Å². The second-order valence-corrected chi connectivity index (χ2v) is 4.26. The molecule has 0 saturated heterocycles. The van der Waals surface area contributed by atoms with Crippen molar-refractivity contribution in [1.29, 1.82) is 0 Å². The summed E-state index contributed by atoms with van der Waals surface area (Å²) in [5.74, 6) is 1.11. The maximum absolute atomic E-state index is 11.4. The number of hydrogen-bond acceptors (Lipinski definition) is 5. The van der Waals surface area contributed by atoms with Crippen molar-refractivity contribution in [3.05, 3.63) is 23.8 Å². The molecular weight excluding hydrogens is 276 g/mol. The molecule has 0 aliphatic rings. The van der Waals surface area contributed by atoms with Crippen LogP contribution in [0.5, 0.6) is 11.5 Å². The first-order valence-electron chi connectivity index (χ1n) is 6.53. The molecule has 0 heterocycles. The van der Waals surface area contributed by atoms with E-state index in [0.717, 1.165) is 0 Å². The Morgan fingerprint density at radius 3 is 2.52 bits per heavy atom. The summed E-state index contributed by atoms with van der Waals surface area (Å²) < 4.78 is 15.1. The van der Waals surface area contributed by atoms with Gasteiger partial charge in [0.15, 0.2) is 11.5 Å². The Bertz CT molecular complexity index is 453. The van der Waals surface area contributed by atoms with E-state index >= 15 is 0 Å². The number of benzene rings is 1. The maximum Gasteiger partial charge on any atom is 0.314 e. The van der Waals surface area contributed by atoms with Crippen LogP contribution in [-0.2, 0) is 4.74 Å². The van der Waals surface area contributed by atoms with Crippen molar-refractivity contribution in [2.75, 3.05) is 41.0 Å². The van der Waals surface area contributed by atoms with Crippen LogP contribution < -0.4 is 20.1 Å². The molecule has 0 spiro atoms. The zero-order valence-electron chi connectivity index (χ0n) is 12.5. The van der Waals surface area contributed by atoms with Crippen molar-refractivity contribution in [1.82, 2.24) is 10.6 Å². The number of ether oxygens (including phenoxy) is 3. The molecule has 1 rings (SSSR count). The molecule has 0 aliphatic carbocycles. The molecule has 21 heavy (non-hydrogen) atoms. The molecule has 0 saturated carbocycles. The third kappa shape index (κ3) is 5.49. The smallest absolute Gasteiger partial charge is 0.314 e. The zero-order valence-corrected chi connectivity index (χ0v) is 12.5. The van der Waals surface area contributed by atoms with E-state index in [1.54, 1.807) is 32.4 Å². The number of aliphatic hydroxyl groups is 1. The highest BCUT2D eigenvalue weighted by Gasteiger charge is 2.12. The van der Waals surface area contributed by atoms with Crippen molar-refractivity contribution >= 4 is 6.03 Å². The van der Waals surface area contributed by atoms with Crippen LogP contribution in [0.2, 0.25) is 0 Å². The lowest BCUT2D eigenvalue weighted by atomic mass is 10.1. The van der Waals surface area contributed by atoms with Crippen LogP contribution in [0.15, 0.2) is 18.2 Å². The van der Waals surface area contributed by atoms with E-state index in [-0.39, 0.29) is 12.6 Å². The van der Waals surface area contributed by atoms with Crippen LogP contribution in [0.3, 0.4) is 0 Å². The number of aliphatic hydroxyl groups excluding tert-OH is 1. The van der Waals surface area contributed by atoms with E-state index in [9.17, 15) is 9.90 Å². The lowest BCUT2D eigenvalue weighted by Gasteiger charge is -2.15. The summed E-state index contributed by atoms with van der Waals surface area (Å²) in [7, 11) is 4.62. The van der Waals surface area contributed by atoms with Gasteiger partial charge < -0.3 is 30.0 Å². The summed E-state index contributed by atoms with van der Waals surface area (Å²) in [5.41, 5.74) is 0.629. The minimum Gasteiger partial charge on any atom is -0.493 e. The largest absolute Gasteiger partial charge is 0.493 e. The lowest BCUT2D eigenvalue weighted by molar-refractivity contribution is 0.170. The van der Waals surface area contributed by atoms with E-state index in [4.69, 9.17) is 14.2 Å². The second kappa shape index (κ2) is 9.04. The van der Waals surface area contributed by atoms with Crippen molar-refractivity contribution < 1.29 is 24.1 Å². The first-order valence-corrected chi connectivity index (χ1v) is 6.53. The topological polar surface area (TPSA) is 89.1 Å². The number of hydrogen-bond donors (Lipinski definition) is 3. The molecule has 0 aliphatic heterocycles. The summed E-state index contributed by atoms with van der Waals surface area (Å²) in [6, 6.07) is 4.74. The molecule has 0 radical (unpaired) electrons. The van der Waals surface area contributed by atoms with E-state index in [0.29, 0.717) is 30.2 Å². The monoisotopic (exact) mass is 298 g/mol. The van der Waals surface area contributed by atoms with E-state index in [1.807, 2.05) is 0 Å². The van der Waals surface area contributed by atoms with Gasteiger partial charge >= 0.3 is 6.03 Å². The Morgan fingerprint density at radius 1 is 1.19 bits per heavy atom. The van der Waals surface area contributed by atoms with Gasteiger partial charge in [0.1, 0.15) is 0 Å². The zero-order chi connectivity index (χ0) is 15.7.